The van der Waals surface area contributed by atoms with E-state index in [1.54, 1.807) is 12.1 Å². The summed E-state index contributed by atoms with van der Waals surface area (Å²) in [5.41, 5.74) is 2.48. The van der Waals surface area contributed by atoms with Crippen LogP contribution in [0.15, 0.2) is 53.4 Å². The van der Waals surface area contributed by atoms with Crippen molar-refractivity contribution in [1.29, 1.82) is 0 Å². The first-order valence-electron chi connectivity index (χ1n) is 12.5. The second-order valence-electron chi connectivity index (χ2n) is 11.0. The van der Waals surface area contributed by atoms with Crippen molar-refractivity contribution in [3.05, 3.63) is 70.1 Å². The van der Waals surface area contributed by atoms with Gasteiger partial charge in [-0.15, -0.1) is 11.8 Å². The first-order chi connectivity index (χ1) is 17.2. The topological polar surface area (TPSA) is 76.1 Å². The highest BCUT2D eigenvalue weighted by Gasteiger charge is 2.46. The number of allylic oxidation sites excluding steroid dienone is 1. The van der Waals surface area contributed by atoms with Crippen molar-refractivity contribution < 1.29 is 24.2 Å². The van der Waals surface area contributed by atoms with E-state index >= 15 is 0 Å². The highest BCUT2D eigenvalue weighted by molar-refractivity contribution is 8.05. The van der Waals surface area contributed by atoms with Crippen LogP contribution in [0.4, 0.5) is 0 Å². The predicted octanol–water partition coefficient (Wildman–Crippen LogP) is 4.46. The smallest absolute Gasteiger partial charge is 0.243 e. The maximum absolute atomic E-state index is 12.8. The van der Waals surface area contributed by atoms with Crippen LogP contribution in [0.2, 0.25) is 0 Å². The Hall–Kier alpha value is -2.61. The molecular weight excluding hydrogens is 474 g/mol. The number of piperidine rings is 1. The Morgan fingerprint density at radius 3 is 2.36 bits per heavy atom. The van der Waals surface area contributed by atoms with Gasteiger partial charge < -0.3 is 19.5 Å². The summed E-state index contributed by atoms with van der Waals surface area (Å²) in [5, 5.41) is 10.6. The molecule has 0 radical (unpaired) electrons. The third kappa shape index (κ3) is 4.97. The van der Waals surface area contributed by atoms with Crippen molar-refractivity contribution in [1.82, 2.24) is 4.90 Å². The summed E-state index contributed by atoms with van der Waals surface area (Å²) < 4.78 is 11.7. The molecule has 1 fully saturated rings. The molecule has 0 unspecified atom stereocenters. The van der Waals surface area contributed by atoms with Crippen molar-refractivity contribution in [2.75, 3.05) is 32.8 Å². The average Bonchev–Trinajstić information content (AvgIpc) is 2.87. The molecule has 1 N–H and O–H groups in total. The van der Waals surface area contributed by atoms with Gasteiger partial charge in [-0.2, -0.15) is 0 Å². The molecule has 5 rings (SSSR count). The van der Waals surface area contributed by atoms with Gasteiger partial charge in [0.1, 0.15) is 35.7 Å². The Balaban J connectivity index is 1.15. The number of β-amino-alcohol motifs (C(OH)–C–C–N with tert-alkyl or cyclic N) is 1. The van der Waals surface area contributed by atoms with Crippen molar-refractivity contribution in [3.8, 4) is 5.75 Å². The van der Waals surface area contributed by atoms with Crippen LogP contribution in [-0.2, 0) is 14.9 Å². The Bertz CT molecular complexity index is 1190. The maximum Gasteiger partial charge on any atom is 0.243 e. The van der Waals surface area contributed by atoms with E-state index in [1.165, 1.54) is 17.3 Å². The number of rotatable bonds is 5. The monoisotopic (exact) mass is 507 g/mol. The molecule has 1 spiro atoms. The number of hydrogen-bond acceptors (Lipinski definition) is 7. The first kappa shape index (κ1) is 25.1. The lowest BCUT2D eigenvalue weighted by Crippen LogP contribution is -2.49. The molecule has 190 valence electrons. The van der Waals surface area contributed by atoms with E-state index < -0.39 is 17.7 Å². The van der Waals surface area contributed by atoms with E-state index in [4.69, 9.17) is 9.47 Å². The van der Waals surface area contributed by atoms with Gasteiger partial charge in [0.15, 0.2) is 0 Å². The lowest BCUT2D eigenvalue weighted by atomic mass is 9.87. The average molecular weight is 508 g/mol. The molecule has 3 aliphatic rings. The summed E-state index contributed by atoms with van der Waals surface area (Å²) in [6, 6.07) is 15.2. The Morgan fingerprint density at radius 2 is 1.69 bits per heavy atom. The van der Waals surface area contributed by atoms with Crippen LogP contribution in [0.3, 0.4) is 0 Å². The summed E-state index contributed by atoms with van der Waals surface area (Å²) in [6.45, 7) is 9.37. The number of carbonyl (C=O) groups is 2. The van der Waals surface area contributed by atoms with Crippen LogP contribution in [0.1, 0.15) is 55.1 Å². The lowest BCUT2D eigenvalue weighted by Gasteiger charge is -2.44. The van der Waals surface area contributed by atoms with Gasteiger partial charge in [-0.05, 0) is 49.0 Å². The predicted molar refractivity (Wildman–Crippen MR) is 141 cm³/mol. The van der Waals surface area contributed by atoms with E-state index in [1.807, 2.05) is 24.3 Å². The molecule has 36 heavy (non-hydrogen) atoms. The van der Waals surface area contributed by atoms with E-state index in [9.17, 15) is 14.7 Å². The number of aliphatic hydroxyl groups is 1. The normalized spacial score (nSPS) is 20.6. The number of hydrogen-bond donors (Lipinski definition) is 1. The number of nitrogens with zero attached hydrogens (tertiary/aromatic N) is 1. The number of ketones is 2. The lowest BCUT2D eigenvalue weighted by molar-refractivity contribution is -0.111. The fraction of sp³-hybridized carbons (Fsp3) is 0.448. The Kier molecular flexibility index (Phi) is 6.74. The molecule has 6 nitrogen and oxygen atoms in total. The van der Waals surface area contributed by atoms with Crippen LogP contribution in [-0.4, -0.2) is 65.3 Å². The van der Waals surface area contributed by atoms with Crippen molar-refractivity contribution >= 4 is 29.1 Å². The summed E-state index contributed by atoms with van der Waals surface area (Å²) in [7, 11) is 0. The number of ether oxygens (including phenoxy) is 2. The van der Waals surface area contributed by atoms with Gasteiger partial charge in [-0.3, -0.25) is 9.59 Å². The van der Waals surface area contributed by atoms with E-state index in [-0.39, 0.29) is 16.8 Å². The number of aliphatic hydroxyl groups excluding tert-OH is 1. The molecule has 0 amide bonds. The van der Waals surface area contributed by atoms with Crippen molar-refractivity contribution in [2.45, 2.75) is 49.9 Å². The quantitative estimate of drug-likeness (QED) is 0.599. The standard InChI is InChI=1S/C29H33NO5S/c1-28(2,3)19-8-10-21(11-9-19)34-17-20(31)16-30-14-12-29(13-15-30)18-35-26-23-7-5-4-6-22(23)24(32)25(33)27(26)36-29/h4-11,20,31H,12-18H2,1-3H3/t20-/m0/s1. The molecule has 1 aliphatic carbocycles. The minimum absolute atomic E-state index is 0.0910. The van der Waals surface area contributed by atoms with E-state index in [2.05, 4.69) is 37.8 Å². The van der Waals surface area contributed by atoms with Crippen molar-refractivity contribution in [2.24, 2.45) is 0 Å². The van der Waals surface area contributed by atoms with Crippen LogP contribution < -0.4 is 4.74 Å². The number of fused-ring (bicyclic) bond motifs is 2. The Morgan fingerprint density at radius 1 is 1.03 bits per heavy atom. The van der Waals surface area contributed by atoms with Gasteiger partial charge in [0.25, 0.3) is 0 Å². The number of carbonyl (C=O) groups excluding carboxylic acids is 2. The fourth-order valence-electron chi connectivity index (χ4n) is 5.00. The molecule has 7 heteroatoms. The summed E-state index contributed by atoms with van der Waals surface area (Å²) in [5.74, 6) is 0.397. The third-order valence-corrected chi connectivity index (χ3v) is 8.77. The van der Waals surface area contributed by atoms with Gasteiger partial charge in [-0.25, -0.2) is 0 Å². The SMILES string of the molecule is CC(C)(C)c1ccc(OC[C@@H](O)CN2CCC3(CC2)COC2=C(S3)C(=O)C(=O)c3ccccc32)cc1. The van der Waals surface area contributed by atoms with Crippen LogP contribution in [0, 0.1) is 0 Å². The molecule has 0 aromatic heterocycles. The van der Waals surface area contributed by atoms with Crippen LogP contribution in [0.25, 0.3) is 5.76 Å². The second-order valence-corrected chi connectivity index (χ2v) is 12.5. The molecule has 0 bridgehead atoms. The zero-order chi connectivity index (χ0) is 25.5. The van der Waals surface area contributed by atoms with E-state index in [0.29, 0.717) is 34.9 Å². The van der Waals surface area contributed by atoms with Crippen LogP contribution in [0.5, 0.6) is 5.75 Å². The molecular formula is C29H33NO5S. The van der Waals surface area contributed by atoms with Gasteiger partial charge in [0, 0.05) is 17.7 Å². The zero-order valence-electron chi connectivity index (χ0n) is 21.1. The molecule has 2 aromatic carbocycles. The minimum atomic E-state index is -0.597. The molecule has 1 saturated heterocycles. The molecule has 2 aromatic rings. The Labute approximate surface area is 216 Å². The number of benzene rings is 2. The zero-order valence-corrected chi connectivity index (χ0v) is 21.9. The highest BCUT2D eigenvalue weighted by Crippen LogP contribution is 2.50. The molecule has 2 heterocycles. The van der Waals surface area contributed by atoms with E-state index in [0.717, 1.165) is 31.7 Å². The summed E-state index contributed by atoms with van der Waals surface area (Å²) >= 11 is 1.52. The van der Waals surface area contributed by atoms with Gasteiger partial charge in [-0.1, -0.05) is 57.2 Å². The van der Waals surface area contributed by atoms with Gasteiger partial charge in [0.2, 0.25) is 11.6 Å². The number of Topliss-reactive ketones (excluding diaryl/α,β-unsaturated/α-hetero) is 2. The maximum atomic E-state index is 12.8. The highest BCUT2D eigenvalue weighted by atomic mass is 32.2. The van der Waals surface area contributed by atoms with Crippen LogP contribution >= 0.6 is 11.8 Å². The first-order valence-corrected chi connectivity index (χ1v) is 13.4. The molecule has 2 aliphatic heterocycles. The second kappa shape index (κ2) is 9.69. The largest absolute Gasteiger partial charge is 0.491 e. The van der Waals surface area contributed by atoms with Gasteiger partial charge >= 0.3 is 0 Å². The fourth-order valence-corrected chi connectivity index (χ4v) is 6.38. The number of likely N-dealkylation sites (tertiary alicyclic amines) is 1. The van der Waals surface area contributed by atoms with Gasteiger partial charge in [0.05, 0.1) is 4.75 Å². The minimum Gasteiger partial charge on any atom is -0.491 e. The number of thioether (sulfide) groups is 1. The third-order valence-electron chi connectivity index (χ3n) is 7.23. The molecule has 0 saturated carbocycles. The van der Waals surface area contributed by atoms with Crippen molar-refractivity contribution in [3.63, 3.8) is 0 Å². The summed E-state index contributed by atoms with van der Waals surface area (Å²) in [6.07, 6.45) is 1.04. The summed E-state index contributed by atoms with van der Waals surface area (Å²) in [4.78, 5) is 28.2. The molecule has 1 atom stereocenters.